The number of aliphatic hydroxyl groups is 4. The zero-order valence-electron chi connectivity index (χ0n) is 19.9. The summed E-state index contributed by atoms with van der Waals surface area (Å²) in [6, 6.07) is 6.67. The monoisotopic (exact) mass is 516 g/mol. The molecule has 0 aromatic heterocycles. The molecule has 2 fully saturated rings. The Labute approximate surface area is 207 Å². The molecule has 2 aliphatic heterocycles. The topological polar surface area (TPSA) is 176 Å². The highest BCUT2D eigenvalue weighted by atomic mass is 19.1. The molecule has 0 radical (unpaired) electrons. The zero-order chi connectivity index (χ0) is 26.4. The van der Waals surface area contributed by atoms with Gasteiger partial charge in [-0.05, 0) is 5.56 Å². The van der Waals surface area contributed by atoms with E-state index in [1.807, 2.05) is 30.3 Å². The van der Waals surface area contributed by atoms with E-state index in [0.29, 0.717) is 0 Å². The molecular formula is C23H33FN2O10. The minimum absolute atomic E-state index is 0.0799. The lowest BCUT2D eigenvalue weighted by Crippen LogP contribution is -2.66. The first-order valence-electron chi connectivity index (χ1n) is 11.5. The van der Waals surface area contributed by atoms with Gasteiger partial charge < -0.3 is 50.0 Å². The van der Waals surface area contributed by atoms with Gasteiger partial charge in [0.05, 0.1) is 19.8 Å². The number of hydrogen-bond acceptors (Lipinski definition) is 10. The molecule has 12 nitrogen and oxygen atoms in total. The number of halogens is 1. The first kappa shape index (κ1) is 28.3. The molecule has 1 aromatic rings. The van der Waals surface area contributed by atoms with Crippen molar-refractivity contribution in [1.82, 2.24) is 10.6 Å². The van der Waals surface area contributed by atoms with Gasteiger partial charge in [0, 0.05) is 13.8 Å². The third-order valence-electron chi connectivity index (χ3n) is 5.95. The highest BCUT2D eigenvalue weighted by Gasteiger charge is 2.49. The Morgan fingerprint density at radius 3 is 2.03 bits per heavy atom. The van der Waals surface area contributed by atoms with Gasteiger partial charge in [0.1, 0.15) is 42.6 Å². The molecule has 2 heterocycles. The fraction of sp³-hybridized carbons (Fsp3) is 0.652. The van der Waals surface area contributed by atoms with E-state index in [0.717, 1.165) is 12.5 Å². The Morgan fingerprint density at radius 2 is 1.44 bits per heavy atom. The molecule has 3 rings (SSSR count). The molecule has 2 amide bonds. The summed E-state index contributed by atoms with van der Waals surface area (Å²) < 4.78 is 37.0. The third kappa shape index (κ3) is 6.95. The van der Waals surface area contributed by atoms with Crippen molar-refractivity contribution in [1.29, 1.82) is 0 Å². The summed E-state index contributed by atoms with van der Waals surface area (Å²) in [6.45, 7) is 1.30. The summed E-state index contributed by atoms with van der Waals surface area (Å²) in [4.78, 5) is 23.2. The molecule has 1 aromatic carbocycles. The van der Waals surface area contributed by atoms with E-state index in [1.165, 1.54) is 6.92 Å². The smallest absolute Gasteiger partial charge is 0.217 e. The number of alkyl halides is 1. The second-order valence-corrected chi connectivity index (χ2v) is 8.77. The van der Waals surface area contributed by atoms with Crippen molar-refractivity contribution in [3.8, 4) is 0 Å². The van der Waals surface area contributed by atoms with Gasteiger partial charge in [0.2, 0.25) is 11.8 Å². The van der Waals surface area contributed by atoms with Crippen LogP contribution in [0.15, 0.2) is 30.3 Å². The van der Waals surface area contributed by atoms with Gasteiger partial charge in [-0.1, -0.05) is 30.3 Å². The van der Waals surface area contributed by atoms with Gasteiger partial charge in [0.15, 0.2) is 18.8 Å². The summed E-state index contributed by atoms with van der Waals surface area (Å²) >= 11 is 0. The quantitative estimate of drug-likeness (QED) is 0.217. The Bertz CT molecular complexity index is 865. The molecule has 2 saturated heterocycles. The molecule has 0 saturated carbocycles. The maximum absolute atomic E-state index is 14.4. The summed E-state index contributed by atoms with van der Waals surface area (Å²) in [7, 11) is 0. The molecule has 0 aliphatic carbocycles. The Hall–Kier alpha value is -2.23. The molecule has 13 heteroatoms. The maximum atomic E-state index is 14.4. The van der Waals surface area contributed by atoms with Gasteiger partial charge in [-0.3, -0.25) is 9.59 Å². The van der Waals surface area contributed by atoms with Gasteiger partial charge in [0.25, 0.3) is 0 Å². The van der Waals surface area contributed by atoms with Gasteiger partial charge in [-0.2, -0.15) is 0 Å². The molecule has 36 heavy (non-hydrogen) atoms. The van der Waals surface area contributed by atoms with E-state index in [-0.39, 0.29) is 6.61 Å². The summed E-state index contributed by atoms with van der Waals surface area (Å²) in [5, 5.41) is 45.9. The van der Waals surface area contributed by atoms with Crippen LogP contribution in [0.25, 0.3) is 0 Å². The second kappa shape index (κ2) is 12.8. The van der Waals surface area contributed by atoms with Crippen molar-refractivity contribution in [2.75, 3.05) is 13.2 Å². The van der Waals surface area contributed by atoms with Crippen LogP contribution in [0.5, 0.6) is 0 Å². The Kier molecular flexibility index (Phi) is 10.1. The fourth-order valence-corrected chi connectivity index (χ4v) is 4.13. The van der Waals surface area contributed by atoms with Crippen molar-refractivity contribution >= 4 is 11.8 Å². The van der Waals surface area contributed by atoms with Crippen molar-refractivity contribution in [3.05, 3.63) is 35.9 Å². The minimum atomic E-state index is -1.99. The number of benzene rings is 1. The van der Waals surface area contributed by atoms with Crippen LogP contribution in [0, 0.1) is 0 Å². The van der Waals surface area contributed by atoms with Crippen molar-refractivity contribution in [3.63, 3.8) is 0 Å². The highest BCUT2D eigenvalue weighted by molar-refractivity contribution is 5.73. The number of carbonyl (C=O) groups excluding carboxylic acids is 2. The van der Waals surface area contributed by atoms with Crippen LogP contribution in [-0.4, -0.2) is 107 Å². The molecule has 0 spiro atoms. The number of carbonyl (C=O) groups is 2. The lowest BCUT2D eigenvalue weighted by molar-refractivity contribution is -0.301. The number of rotatable bonds is 9. The highest BCUT2D eigenvalue weighted by Crippen LogP contribution is 2.27. The third-order valence-corrected chi connectivity index (χ3v) is 5.95. The van der Waals surface area contributed by atoms with E-state index in [2.05, 4.69) is 10.6 Å². The van der Waals surface area contributed by atoms with E-state index in [9.17, 15) is 34.4 Å². The standard InChI is InChI=1S/C23H33FN2O10/c1-11(28)25-17-20(31)16(24)14(8-27)35-22(17)34-10-15-19(30)21(32)18(26-12(2)29)23(36-15)33-9-13-6-4-3-5-7-13/h3-7,14-23,27,30-32H,8-10H2,1-2H3,(H,25,28)(H,26,29)/t14-,15-,16-,17-,18-,19-,20+,21-,22-,23+/m1/s1. The van der Waals surface area contributed by atoms with Crippen LogP contribution in [0.1, 0.15) is 19.4 Å². The number of hydrogen-bond donors (Lipinski definition) is 6. The van der Waals surface area contributed by atoms with E-state index in [4.69, 9.17) is 18.9 Å². The first-order chi connectivity index (χ1) is 17.1. The Balaban J connectivity index is 1.71. The van der Waals surface area contributed by atoms with Gasteiger partial charge >= 0.3 is 0 Å². The molecular weight excluding hydrogens is 483 g/mol. The fourth-order valence-electron chi connectivity index (χ4n) is 4.13. The van der Waals surface area contributed by atoms with Gasteiger partial charge in [-0.25, -0.2) is 4.39 Å². The van der Waals surface area contributed by atoms with Crippen LogP contribution in [0.2, 0.25) is 0 Å². The lowest BCUT2D eigenvalue weighted by atomic mass is 9.96. The average Bonchev–Trinajstić information content (AvgIpc) is 2.85. The molecule has 202 valence electrons. The predicted octanol–water partition coefficient (Wildman–Crippen LogP) is -1.91. The normalized spacial score (nSPS) is 36.8. The number of ether oxygens (including phenoxy) is 4. The number of aliphatic hydroxyl groups excluding tert-OH is 4. The minimum Gasteiger partial charge on any atom is -0.394 e. The molecule has 2 aliphatic rings. The summed E-state index contributed by atoms with van der Waals surface area (Å²) in [5.41, 5.74) is 0.801. The summed E-state index contributed by atoms with van der Waals surface area (Å²) in [5.74, 6) is -1.06. The average molecular weight is 517 g/mol. The van der Waals surface area contributed by atoms with E-state index in [1.54, 1.807) is 0 Å². The predicted molar refractivity (Wildman–Crippen MR) is 120 cm³/mol. The van der Waals surface area contributed by atoms with Crippen molar-refractivity contribution < 1.29 is 53.4 Å². The second-order valence-electron chi connectivity index (χ2n) is 8.77. The van der Waals surface area contributed by atoms with Crippen LogP contribution in [-0.2, 0) is 35.1 Å². The molecule has 6 N–H and O–H groups in total. The zero-order valence-corrected chi connectivity index (χ0v) is 19.9. The number of nitrogens with one attached hydrogen (secondary N) is 2. The molecule has 0 bridgehead atoms. The lowest BCUT2D eigenvalue weighted by Gasteiger charge is -2.44. The van der Waals surface area contributed by atoms with Crippen LogP contribution >= 0.6 is 0 Å². The molecule has 0 unspecified atom stereocenters. The molecule has 10 atom stereocenters. The van der Waals surface area contributed by atoms with Crippen LogP contribution < -0.4 is 10.6 Å². The van der Waals surface area contributed by atoms with Crippen molar-refractivity contribution in [2.24, 2.45) is 0 Å². The van der Waals surface area contributed by atoms with E-state index >= 15 is 0 Å². The Morgan fingerprint density at radius 1 is 0.889 bits per heavy atom. The summed E-state index contributed by atoms with van der Waals surface area (Å²) in [6.07, 6.45) is -11.9. The first-order valence-corrected chi connectivity index (χ1v) is 11.5. The SMILES string of the molecule is CC(=O)N[C@H]1[C@@H](OCc2ccccc2)O[C@H](CO[C@@H]2O[C@H](CO)[C@@H](F)[C@H](O)[C@H]2NC(C)=O)[C@@H](O)[C@@H]1O. The maximum Gasteiger partial charge on any atom is 0.217 e. The van der Waals surface area contributed by atoms with E-state index < -0.39 is 86.4 Å². The number of amides is 2. The largest absolute Gasteiger partial charge is 0.394 e. The van der Waals surface area contributed by atoms with Crippen LogP contribution in [0.3, 0.4) is 0 Å². The van der Waals surface area contributed by atoms with Crippen molar-refractivity contribution in [2.45, 2.75) is 81.8 Å². The van der Waals surface area contributed by atoms with Crippen LogP contribution in [0.4, 0.5) is 4.39 Å². The van der Waals surface area contributed by atoms with Gasteiger partial charge in [-0.15, -0.1) is 0 Å².